The van der Waals surface area contributed by atoms with Gasteiger partial charge in [0.05, 0.1) is 19.5 Å². The summed E-state index contributed by atoms with van der Waals surface area (Å²) in [5.41, 5.74) is 6.05. The molecule has 0 bridgehead atoms. The van der Waals surface area contributed by atoms with Gasteiger partial charge in [-0.05, 0) is 18.6 Å². The molecule has 2 N–H and O–H groups in total. The Morgan fingerprint density at radius 3 is 2.61 bits per heavy atom. The summed E-state index contributed by atoms with van der Waals surface area (Å²) in [6.07, 6.45) is 0.866. The molecule has 1 rings (SSSR count). The molecule has 0 radical (unpaired) electrons. The van der Waals surface area contributed by atoms with Gasteiger partial charge in [0, 0.05) is 18.4 Å². The average Bonchev–Trinajstić information content (AvgIpc) is 2.34. The van der Waals surface area contributed by atoms with E-state index >= 15 is 0 Å². The zero-order valence-corrected chi connectivity index (χ0v) is 11.5. The molecule has 0 atom stereocenters. The fourth-order valence-corrected chi connectivity index (χ4v) is 2.75. The van der Waals surface area contributed by atoms with Crippen LogP contribution in [0.4, 0.5) is 5.69 Å². The molecule has 1 aromatic rings. The quantitative estimate of drug-likeness (QED) is 0.601. The zero-order chi connectivity index (χ0) is 13.6. The molecular formula is C12H19NO4S. The Hall–Kier alpha value is -1.27. The number of sulfone groups is 1. The van der Waals surface area contributed by atoms with Gasteiger partial charge in [-0.3, -0.25) is 0 Å². The van der Waals surface area contributed by atoms with Crippen molar-refractivity contribution in [2.75, 3.05) is 31.8 Å². The van der Waals surface area contributed by atoms with Crippen molar-refractivity contribution in [3.8, 4) is 5.75 Å². The van der Waals surface area contributed by atoms with Crippen molar-refractivity contribution in [3.05, 3.63) is 18.2 Å². The van der Waals surface area contributed by atoms with Crippen LogP contribution < -0.4 is 10.5 Å². The first kappa shape index (κ1) is 14.8. The minimum absolute atomic E-state index is 0.0622. The van der Waals surface area contributed by atoms with E-state index in [1.54, 1.807) is 6.07 Å². The zero-order valence-electron chi connectivity index (χ0n) is 10.7. The lowest BCUT2D eigenvalue weighted by atomic mass is 10.3. The van der Waals surface area contributed by atoms with Gasteiger partial charge in [0.25, 0.3) is 0 Å². The van der Waals surface area contributed by atoms with Crippen LogP contribution in [0.15, 0.2) is 23.1 Å². The Balaban J connectivity index is 2.84. The Morgan fingerprint density at radius 1 is 1.28 bits per heavy atom. The molecule has 0 aliphatic rings. The smallest absolute Gasteiger partial charge is 0.184 e. The molecule has 0 amide bonds. The lowest BCUT2D eigenvalue weighted by Crippen LogP contribution is -2.14. The van der Waals surface area contributed by atoms with Gasteiger partial charge in [0.2, 0.25) is 0 Å². The molecule has 0 aromatic heterocycles. The van der Waals surface area contributed by atoms with Crippen LogP contribution in [0.3, 0.4) is 0 Å². The number of methoxy groups -OCH3 is 1. The summed E-state index contributed by atoms with van der Waals surface area (Å²) >= 11 is 0. The number of rotatable bonds is 7. The first-order valence-corrected chi connectivity index (χ1v) is 7.40. The summed E-state index contributed by atoms with van der Waals surface area (Å²) in [4.78, 5) is 0.152. The van der Waals surface area contributed by atoms with Gasteiger partial charge < -0.3 is 15.2 Å². The van der Waals surface area contributed by atoms with E-state index < -0.39 is 9.84 Å². The van der Waals surface area contributed by atoms with Crippen LogP contribution in [0.25, 0.3) is 0 Å². The van der Waals surface area contributed by atoms with Crippen LogP contribution in [0, 0.1) is 0 Å². The highest BCUT2D eigenvalue weighted by Gasteiger charge is 2.19. The molecule has 5 nitrogen and oxygen atoms in total. The van der Waals surface area contributed by atoms with Crippen molar-refractivity contribution < 1.29 is 17.9 Å². The molecule has 0 aliphatic carbocycles. The minimum atomic E-state index is -3.41. The van der Waals surface area contributed by atoms with Crippen molar-refractivity contribution in [2.45, 2.75) is 18.2 Å². The van der Waals surface area contributed by atoms with Gasteiger partial charge in [-0.15, -0.1) is 0 Å². The van der Waals surface area contributed by atoms with Crippen molar-refractivity contribution >= 4 is 15.5 Å². The summed E-state index contributed by atoms with van der Waals surface area (Å²) in [6, 6.07) is 4.51. The Kier molecular flexibility index (Phi) is 5.43. The predicted octanol–water partition coefficient (Wildman–Crippen LogP) is 1.48. The second kappa shape index (κ2) is 6.61. The van der Waals surface area contributed by atoms with E-state index in [4.69, 9.17) is 15.2 Å². The molecule has 6 heteroatoms. The lowest BCUT2D eigenvalue weighted by molar-refractivity contribution is 0.149. The van der Waals surface area contributed by atoms with Crippen molar-refractivity contribution in [3.63, 3.8) is 0 Å². The fourth-order valence-electron chi connectivity index (χ4n) is 1.47. The summed E-state index contributed by atoms with van der Waals surface area (Å²) < 4.78 is 34.4. The second-order valence-electron chi connectivity index (χ2n) is 3.84. The number of nitrogens with two attached hydrogens (primary N) is 1. The highest BCUT2D eigenvalue weighted by Crippen LogP contribution is 2.26. The largest absolute Gasteiger partial charge is 0.495 e. The van der Waals surface area contributed by atoms with E-state index in [1.165, 1.54) is 19.2 Å². The van der Waals surface area contributed by atoms with Crippen LogP contribution in [0.1, 0.15) is 13.3 Å². The van der Waals surface area contributed by atoms with Crippen LogP contribution in [0.5, 0.6) is 5.75 Å². The molecule has 0 spiro atoms. The lowest BCUT2D eigenvalue weighted by Gasteiger charge is -2.10. The van der Waals surface area contributed by atoms with E-state index in [1.807, 2.05) is 6.92 Å². The number of ether oxygens (including phenoxy) is 2. The fraction of sp³-hybridized carbons (Fsp3) is 0.500. The molecular weight excluding hydrogens is 254 g/mol. The standard InChI is InChI=1S/C12H19NO4S/c1-3-6-17-7-8-18(14,15)12-5-4-10(13)9-11(12)16-2/h4-5,9H,3,6-8,13H2,1-2H3. The van der Waals surface area contributed by atoms with Crippen molar-refractivity contribution in [2.24, 2.45) is 0 Å². The van der Waals surface area contributed by atoms with Gasteiger partial charge in [-0.2, -0.15) is 0 Å². The minimum Gasteiger partial charge on any atom is -0.495 e. The average molecular weight is 273 g/mol. The third kappa shape index (κ3) is 3.89. The Labute approximate surface area is 108 Å². The van der Waals surface area contributed by atoms with Gasteiger partial charge in [-0.1, -0.05) is 6.92 Å². The maximum absolute atomic E-state index is 12.1. The van der Waals surface area contributed by atoms with E-state index in [0.717, 1.165) is 6.42 Å². The van der Waals surface area contributed by atoms with Crippen LogP contribution in [-0.4, -0.2) is 34.5 Å². The number of anilines is 1. The molecule has 18 heavy (non-hydrogen) atoms. The third-order valence-electron chi connectivity index (χ3n) is 2.37. The maximum atomic E-state index is 12.1. The second-order valence-corrected chi connectivity index (χ2v) is 5.92. The molecule has 0 heterocycles. The van der Waals surface area contributed by atoms with Gasteiger partial charge in [0.15, 0.2) is 9.84 Å². The third-order valence-corrected chi connectivity index (χ3v) is 4.08. The first-order valence-electron chi connectivity index (χ1n) is 5.75. The summed E-state index contributed by atoms with van der Waals surface area (Å²) in [5.74, 6) is 0.207. The molecule has 1 aromatic carbocycles. The van der Waals surface area contributed by atoms with Crippen LogP contribution >= 0.6 is 0 Å². The monoisotopic (exact) mass is 273 g/mol. The molecule has 0 fully saturated rings. The Bertz CT molecular complexity index is 485. The highest BCUT2D eigenvalue weighted by molar-refractivity contribution is 7.91. The number of hydrogen-bond acceptors (Lipinski definition) is 5. The molecule has 0 aliphatic heterocycles. The van der Waals surface area contributed by atoms with Crippen LogP contribution in [0.2, 0.25) is 0 Å². The van der Waals surface area contributed by atoms with Gasteiger partial charge in [0.1, 0.15) is 10.6 Å². The predicted molar refractivity (Wildman–Crippen MR) is 70.6 cm³/mol. The van der Waals surface area contributed by atoms with Crippen LogP contribution in [-0.2, 0) is 14.6 Å². The van der Waals surface area contributed by atoms with E-state index in [9.17, 15) is 8.42 Å². The van der Waals surface area contributed by atoms with E-state index in [0.29, 0.717) is 12.3 Å². The molecule has 0 saturated heterocycles. The first-order chi connectivity index (χ1) is 8.51. The highest BCUT2D eigenvalue weighted by atomic mass is 32.2. The van der Waals surface area contributed by atoms with Crippen molar-refractivity contribution in [1.29, 1.82) is 0 Å². The van der Waals surface area contributed by atoms with E-state index in [-0.39, 0.29) is 23.0 Å². The summed E-state index contributed by atoms with van der Waals surface area (Å²) in [7, 11) is -1.99. The summed E-state index contributed by atoms with van der Waals surface area (Å²) in [5, 5.41) is 0. The SMILES string of the molecule is CCCOCCS(=O)(=O)c1ccc(N)cc1OC. The van der Waals surface area contributed by atoms with Gasteiger partial charge in [-0.25, -0.2) is 8.42 Å². The topological polar surface area (TPSA) is 78.6 Å². The van der Waals surface area contributed by atoms with Crippen molar-refractivity contribution in [1.82, 2.24) is 0 Å². The number of benzene rings is 1. The number of nitrogen functional groups attached to an aromatic ring is 1. The molecule has 0 unspecified atom stereocenters. The number of hydrogen-bond donors (Lipinski definition) is 1. The summed E-state index contributed by atoms with van der Waals surface area (Å²) in [6.45, 7) is 2.72. The Morgan fingerprint density at radius 2 is 2.00 bits per heavy atom. The van der Waals surface area contributed by atoms with E-state index in [2.05, 4.69) is 0 Å². The normalized spacial score (nSPS) is 11.4. The molecule has 102 valence electrons. The van der Waals surface area contributed by atoms with Gasteiger partial charge >= 0.3 is 0 Å². The maximum Gasteiger partial charge on any atom is 0.184 e. The molecule has 0 saturated carbocycles.